The third-order valence-electron chi connectivity index (χ3n) is 4.50. The number of nitrogens with zero attached hydrogens (tertiary/aromatic N) is 2. The number of benzene rings is 2. The molecule has 0 amide bonds. The van der Waals surface area contributed by atoms with Crippen molar-refractivity contribution in [2.75, 3.05) is 6.61 Å². The molecule has 0 radical (unpaired) electrons. The van der Waals surface area contributed by atoms with E-state index in [-0.39, 0.29) is 12.5 Å². The lowest BCUT2D eigenvalue weighted by Gasteiger charge is -2.08. The van der Waals surface area contributed by atoms with Crippen molar-refractivity contribution in [3.63, 3.8) is 0 Å². The molecule has 2 aromatic carbocycles. The number of carbonyl (C=O) groups is 1. The van der Waals surface area contributed by atoms with Crippen LogP contribution in [0.3, 0.4) is 0 Å². The predicted molar refractivity (Wildman–Crippen MR) is 104 cm³/mol. The molecule has 0 N–H and O–H groups in total. The topological polar surface area (TPSA) is 44.1 Å². The molecule has 0 aliphatic heterocycles. The molecule has 4 nitrogen and oxygen atoms in total. The Balaban J connectivity index is 1.66. The summed E-state index contributed by atoms with van der Waals surface area (Å²) >= 11 is 0. The Kier molecular flexibility index (Phi) is 5.52. The van der Waals surface area contributed by atoms with Gasteiger partial charge in [0.2, 0.25) is 0 Å². The van der Waals surface area contributed by atoms with E-state index in [1.54, 1.807) is 0 Å². The maximum atomic E-state index is 12.5. The second-order valence-electron chi connectivity index (χ2n) is 6.38. The fourth-order valence-corrected chi connectivity index (χ4v) is 3.11. The minimum atomic E-state index is -0.153. The van der Waals surface area contributed by atoms with Crippen LogP contribution in [-0.2, 0) is 6.42 Å². The summed E-state index contributed by atoms with van der Waals surface area (Å²) < 4.78 is 7.14. The largest absolute Gasteiger partial charge is 0.484 e. The summed E-state index contributed by atoms with van der Waals surface area (Å²) in [6.07, 6.45) is 1.97. The Labute approximate surface area is 154 Å². The van der Waals surface area contributed by atoms with Crippen molar-refractivity contribution in [1.29, 1.82) is 0 Å². The summed E-state index contributed by atoms with van der Waals surface area (Å²) in [5, 5.41) is 4.38. The van der Waals surface area contributed by atoms with Gasteiger partial charge in [-0.05, 0) is 49.1 Å². The summed E-state index contributed by atoms with van der Waals surface area (Å²) in [6.45, 7) is 5.99. The van der Waals surface area contributed by atoms with Crippen LogP contribution >= 0.6 is 0 Å². The van der Waals surface area contributed by atoms with Gasteiger partial charge in [-0.1, -0.05) is 55.8 Å². The van der Waals surface area contributed by atoms with Crippen LogP contribution in [0.25, 0.3) is 11.1 Å². The van der Waals surface area contributed by atoms with E-state index in [1.807, 2.05) is 56.3 Å². The van der Waals surface area contributed by atoms with Gasteiger partial charge < -0.3 is 4.74 Å². The molecule has 0 atom stereocenters. The molecule has 26 heavy (non-hydrogen) atoms. The Morgan fingerprint density at radius 2 is 1.65 bits per heavy atom. The number of hydrogen-bond donors (Lipinski definition) is 0. The summed E-state index contributed by atoms with van der Waals surface area (Å²) in [4.78, 5) is 12.5. The standard InChI is InChI=1S/C22H24N2O2/c1-4-8-21-16(2)23-24(17(21)3)22(25)15-26-20-13-11-19(12-14-20)18-9-6-5-7-10-18/h5-7,9-14H,4,8,15H2,1-3H3. The van der Waals surface area contributed by atoms with Gasteiger partial charge in [0.1, 0.15) is 5.75 Å². The first kappa shape index (κ1) is 17.9. The molecule has 0 aliphatic rings. The van der Waals surface area contributed by atoms with Gasteiger partial charge in [0, 0.05) is 5.69 Å². The molecule has 3 rings (SSSR count). The van der Waals surface area contributed by atoms with Crippen LogP contribution in [0.5, 0.6) is 5.75 Å². The van der Waals surface area contributed by atoms with E-state index in [9.17, 15) is 4.79 Å². The van der Waals surface area contributed by atoms with Gasteiger partial charge >= 0.3 is 0 Å². The van der Waals surface area contributed by atoms with Gasteiger partial charge in [-0.3, -0.25) is 4.79 Å². The van der Waals surface area contributed by atoms with Crippen LogP contribution in [0.4, 0.5) is 0 Å². The number of hydrogen-bond acceptors (Lipinski definition) is 3. The molecule has 4 heteroatoms. The van der Waals surface area contributed by atoms with Crippen molar-refractivity contribution < 1.29 is 9.53 Å². The maximum Gasteiger partial charge on any atom is 0.284 e. The van der Waals surface area contributed by atoms with Crippen molar-refractivity contribution in [3.05, 3.63) is 71.5 Å². The lowest BCUT2D eigenvalue weighted by atomic mass is 10.1. The van der Waals surface area contributed by atoms with Crippen molar-refractivity contribution >= 4 is 5.91 Å². The minimum absolute atomic E-state index is 0.0296. The van der Waals surface area contributed by atoms with Gasteiger partial charge in [0.25, 0.3) is 5.91 Å². The van der Waals surface area contributed by atoms with Gasteiger partial charge in [-0.2, -0.15) is 5.10 Å². The predicted octanol–water partition coefficient (Wildman–Crippen LogP) is 4.84. The molecule has 0 fully saturated rings. The van der Waals surface area contributed by atoms with Gasteiger partial charge in [0.05, 0.1) is 5.69 Å². The molecule has 0 saturated heterocycles. The van der Waals surface area contributed by atoms with E-state index in [4.69, 9.17) is 4.74 Å². The van der Waals surface area contributed by atoms with Crippen LogP contribution in [-0.4, -0.2) is 22.3 Å². The third-order valence-corrected chi connectivity index (χ3v) is 4.50. The lowest BCUT2D eigenvalue weighted by Crippen LogP contribution is -2.21. The zero-order valence-electron chi connectivity index (χ0n) is 15.5. The highest BCUT2D eigenvalue weighted by Gasteiger charge is 2.16. The van der Waals surface area contributed by atoms with E-state index in [0.29, 0.717) is 5.75 Å². The summed E-state index contributed by atoms with van der Waals surface area (Å²) in [5.41, 5.74) is 5.27. The minimum Gasteiger partial charge on any atom is -0.484 e. The Morgan fingerprint density at radius 3 is 2.31 bits per heavy atom. The molecule has 0 bridgehead atoms. The van der Waals surface area contributed by atoms with Crippen molar-refractivity contribution in [3.8, 4) is 16.9 Å². The van der Waals surface area contributed by atoms with Crippen molar-refractivity contribution in [1.82, 2.24) is 9.78 Å². The van der Waals surface area contributed by atoms with Crippen LogP contribution in [0.1, 0.15) is 35.1 Å². The molecular formula is C22H24N2O2. The molecule has 0 aliphatic carbocycles. The number of aromatic nitrogens is 2. The highest BCUT2D eigenvalue weighted by atomic mass is 16.5. The second-order valence-corrected chi connectivity index (χ2v) is 6.38. The van der Waals surface area contributed by atoms with Crippen LogP contribution < -0.4 is 4.74 Å². The van der Waals surface area contributed by atoms with Gasteiger partial charge in [0.15, 0.2) is 6.61 Å². The zero-order chi connectivity index (χ0) is 18.5. The number of aryl methyl sites for hydroxylation is 1. The summed E-state index contributed by atoms with van der Waals surface area (Å²) in [5.74, 6) is 0.522. The molecule has 1 heterocycles. The molecule has 1 aromatic heterocycles. The third kappa shape index (κ3) is 3.85. The average Bonchev–Trinajstić information content (AvgIpc) is 2.96. The highest BCUT2D eigenvalue weighted by molar-refractivity contribution is 5.80. The molecular weight excluding hydrogens is 324 g/mol. The van der Waals surface area contributed by atoms with E-state index < -0.39 is 0 Å². The summed E-state index contributed by atoms with van der Waals surface area (Å²) in [6, 6.07) is 17.9. The van der Waals surface area contributed by atoms with E-state index in [0.717, 1.165) is 40.9 Å². The second kappa shape index (κ2) is 8.00. The fourth-order valence-electron chi connectivity index (χ4n) is 3.11. The Hall–Kier alpha value is -2.88. The van der Waals surface area contributed by atoms with Crippen molar-refractivity contribution in [2.24, 2.45) is 0 Å². The first-order valence-electron chi connectivity index (χ1n) is 8.96. The molecule has 0 spiro atoms. The monoisotopic (exact) mass is 348 g/mol. The first-order valence-corrected chi connectivity index (χ1v) is 8.96. The highest BCUT2D eigenvalue weighted by Crippen LogP contribution is 2.22. The van der Waals surface area contributed by atoms with Gasteiger partial charge in [-0.15, -0.1) is 0 Å². The number of rotatable bonds is 6. The quantitative estimate of drug-likeness (QED) is 0.640. The molecule has 134 valence electrons. The zero-order valence-corrected chi connectivity index (χ0v) is 15.5. The Morgan fingerprint density at radius 1 is 1.00 bits per heavy atom. The first-order chi connectivity index (χ1) is 12.6. The van der Waals surface area contributed by atoms with Crippen LogP contribution in [0, 0.1) is 13.8 Å². The van der Waals surface area contributed by atoms with Crippen molar-refractivity contribution in [2.45, 2.75) is 33.6 Å². The number of carbonyl (C=O) groups excluding carboxylic acids is 1. The molecule has 3 aromatic rings. The maximum absolute atomic E-state index is 12.5. The van der Waals surface area contributed by atoms with Gasteiger partial charge in [-0.25, -0.2) is 4.68 Å². The SMILES string of the molecule is CCCc1c(C)nn(C(=O)COc2ccc(-c3ccccc3)cc2)c1C. The normalized spacial score (nSPS) is 10.7. The van der Waals surface area contributed by atoms with Crippen LogP contribution in [0.2, 0.25) is 0 Å². The van der Waals surface area contributed by atoms with E-state index in [1.165, 1.54) is 4.68 Å². The Bertz CT molecular complexity index is 881. The molecule has 0 unspecified atom stereocenters. The number of ether oxygens (including phenoxy) is 1. The average molecular weight is 348 g/mol. The lowest BCUT2D eigenvalue weighted by molar-refractivity contribution is 0.0818. The van der Waals surface area contributed by atoms with E-state index >= 15 is 0 Å². The molecule has 0 saturated carbocycles. The van der Waals surface area contributed by atoms with Crippen LogP contribution in [0.15, 0.2) is 54.6 Å². The smallest absolute Gasteiger partial charge is 0.284 e. The van der Waals surface area contributed by atoms with E-state index in [2.05, 4.69) is 24.2 Å². The fraction of sp³-hybridized carbons (Fsp3) is 0.273. The summed E-state index contributed by atoms with van der Waals surface area (Å²) in [7, 11) is 0.